The van der Waals surface area contributed by atoms with E-state index in [1.165, 1.54) is 12.1 Å². The molecule has 7 nitrogen and oxygen atoms in total. The third-order valence-corrected chi connectivity index (χ3v) is 7.33. The van der Waals surface area contributed by atoms with Gasteiger partial charge in [-0.25, -0.2) is 4.39 Å². The minimum Gasteiger partial charge on any atom is -0.330 e. The summed E-state index contributed by atoms with van der Waals surface area (Å²) in [5, 5.41) is 9.25. The van der Waals surface area contributed by atoms with Gasteiger partial charge in [-0.1, -0.05) is 12.1 Å². The Kier molecular flexibility index (Phi) is 5.19. The van der Waals surface area contributed by atoms with Crippen molar-refractivity contribution < 1.29 is 14.0 Å². The molecule has 1 aromatic carbocycles. The van der Waals surface area contributed by atoms with E-state index in [1.807, 2.05) is 9.80 Å². The number of rotatable bonds is 6. The largest absolute Gasteiger partial charge is 0.330 e. The number of hydrogen-bond acceptors (Lipinski definition) is 5. The molecule has 3 saturated heterocycles. The second-order valence-corrected chi connectivity index (χ2v) is 9.36. The van der Waals surface area contributed by atoms with Crippen LogP contribution in [-0.2, 0) is 9.59 Å². The maximum Gasteiger partial charge on any atom is 0.241 e. The van der Waals surface area contributed by atoms with E-state index in [1.54, 1.807) is 17.0 Å². The number of amides is 2. The van der Waals surface area contributed by atoms with Gasteiger partial charge in [0.05, 0.1) is 24.2 Å². The third kappa shape index (κ3) is 3.60. The van der Waals surface area contributed by atoms with E-state index in [2.05, 4.69) is 6.07 Å². The van der Waals surface area contributed by atoms with Crippen LogP contribution in [0.25, 0.3) is 0 Å². The first-order valence-corrected chi connectivity index (χ1v) is 11.3. The average molecular weight is 426 g/mol. The zero-order valence-corrected chi connectivity index (χ0v) is 17.5. The standard InChI is InChI=1S/C23H28FN5O2/c24-16-7-5-15(6-8-16)21(14-3-4-14)29-18-10-20(23(29)31)27(12-18)13-19(26)22(30)28-9-1-2-17(28)11-25/h5-8,14,17-21H,1-4,9-10,12-13,26H2/t17?,18?,19?,20-,21?/m0/s1. The van der Waals surface area contributed by atoms with Gasteiger partial charge >= 0.3 is 0 Å². The Bertz CT molecular complexity index is 912. The first kappa shape index (κ1) is 20.4. The van der Waals surface area contributed by atoms with Gasteiger partial charge in [0.15, 0.2) is 0 Å². The van der Waals surface area contributed by atoms with E-state index < -0.39 is 6.04 Å². The molecular weight excluding hydrogens is 397 g/mol. The van der Waals surface area contributed by atoms with Gasteiger partial charge in [-0.2, -0.15) is 5.26 Å². The normalized spacial score (nSPS) is 30.0. The summed E-state index contributed by atoms with van der Waals surface area (Å²) in [5.74, 6) is 0.0599. The second-order valence-electron chi connectivity index (χ2n) is 9.36. The Morgan fingerprint density at radius 2 is 2.00 bits per heavy atom. The van der Waals surface area contributed by atoms with Crippen molar-refractivity contribution in [1.82, 2.24) is 14.7 Å². The number of piperazine rings is 1. The van der Waals surface area contributed by atoms with E-state index in [0.717, 1.165) is 31.2 Å². The molecule has 2 bridgehead atoms. The molecule has 5 atom stereocenters. The van der Waals surface area contributed by atoms with Crippen LogP contribution >= 0.6 is 0 Å². The smallest absolute Gasteiger partial charge is 0.241 e. The molecule has 0 radical (unpaired) electrons. The summed E-state index contributed by atoms with van der Waals surface area (Å²) >= 11 is 0. The first-order chi connectivity index (χ1) is 15.0. The highest BCUT2D eigenvalue weighted by molar-refractivity contribution is 5.87. The Hall–Kier alpha value is -2.50. The molecule has 4 unspecified atom stereocenters. The average Bonchev–Trinajstić information content (AvgIpc) is 3.20. The van der Waals surface area contributed by atoms with Crippen LogP contribution in [-0.4, -0.2) is 70.3 Å². The van der Waals surface area contributed by atoms with Crippen molar-refractivity contribution >= 4 is 11.8 Å². The number of benzene rings is 1. The van der Waals surface area contributed by atoms with E-state index in [-0.39, 0.29) is 41.8 Å². The molecular formula is C23H28FN5O2. The molecule has 1 aromatic rings. The molecule has 4 aliphatic rings. The van der Waals surface area contributed by atoms with Gasteiger partial charge in [0.25, 0.3) is 0 Å². The summed E-state index contributed by atoms with van der Waals surface area (Å²) in [7, 11) is 0. The maximum atomic E-state index is 13.4. The summed E-state index contributed by atoms with van der Waals surface area (Å²) in [5.41, 5.74) is 7.23. The number of fused-ring (bicyclic) bond motifs is 2. The lowest BCUT2D eigenvalue weighted by molar-refractivity contribution is -0.141. The monoisotopic (exact) mass is 425 g/mol. The van der Waals surface area contributed by atoms with E-state index >= 15 is 0 Å². The van der Waals surface area contributed by atoms with Crippen LogP contribution in [0.5, 0.6) is 0 Å². The number of carbonyl (C=O) groups excluding carboxylic acids is 2. The molecule has 0 aromatic heterocycles. The van der Waals surface area contributed by atoms with E-state index in [4.69, 9.17) is 5.73 Å². The van der Waals surface area contributed by atoms with Gasteiger partial charge in [0, 0.05) is 25.7 Å². The molecule has 0 spiro atoms. The van der Waals surface area contributed by atoms with Crippen LogP contribution in [0.3, 0.4) is 0 Å². The Labute approximate surface area is 181 Å². The Balaban J connectivity index is 1.26. The molecule has 4 fully saturated rings. The zero-order valence-electron chi connectivity index (χ0n) is 17.5. The lowest BCUT2D eigenvalue weighted by Gasteiger charge is -2.40. The number of carbonyl (C=O) groups is 2. The van der Waals surface area contributed by atoms with Crippen LogP contribution in [0, 0.1) is 23.1 Å². The predicted molar refractivity (Wildman–Crippen MR) is 111 cm³/mol. The van der Waals surface area contributed by atoms with Crippen LogP contribution in [0.2, 0.25) is 0 Å². The van der Waals surface area contributed by atoms with Crippen molar-refractivity contribution in [3.63, 3.8) is 0 Å². The van der Waals surface area contributed by atoms with Crippen molar-refractivity contribution in [3.8, 4) is 6.07 Å². The fourth-order valence-electron chi connectivity index (χ4n) is 5.70. The number of nitrogens with zero attached hydrogens (tertiary/aromatic N) is 4. The fraction of sp³-hybridized carbons (Fsp3) is 0.609. The van der Waals surface area contributed by atoms with Crippen molar-refractivity contribution in [1.29, 1.82) is 5.26 Å². The number of nitrogens with two attached hydrogens (primary N) is 1. The molecule has 3 aliphatic heterocycles. The predicted octanol–water partition coefficient (Wildman–Crippen LogP) is 1.40. The number of likely N-dealkylation sites (tertiary alicyclic amines) is 3. The van der Waals surface area contributed by atoms with Gasteiger partial charge in [-0.05, 0) is 55.7 Å². The highest BCUT2D eigenvalue weighted by Crippen LogP contribution is 2.49. The van der Waals surface area contributed by atoms with E-state index in [0.29, 0.717) is 32.0 Å². The maximum absolute atomic E-state index is 13.4. The lowest BCUT2D eigenvalue weighted by Crippen LogP contribution is -2.57. The van der Waals surface area contributed by atoms with Gasteiger partial charge in [-0.3, -0.25) is 14.5 Å². The van der Waals surface area contributed by atoms with Crippen molar-refractivity contribution in [3.05, 3.63) is 35.6 Å². The molecule has 1 saturated carbocycles. The van der Waals surface area contributed by atoms with Gasteiger partial charge in [0.2, 0.25) is 11.8 Å². The van der Waals surface area contributed by atoms with E-state index in [9.17, 15) is 19.2 Å². The molecule has 2 N–H and O–H groups in total. The summed E-state index contributed by atoms with van der Waals surface area (Å²) in [6, 6.07) is 7.43. The minimum atomic E-state index is -0.731. The van der Waals surface area contributed by atoms with Crippen molar-refractivity contribution in [2.75, 3.05) is 19.6 Å². The highest BCUT2D eigenvalue weighted by Gasteiger charge is 2.54. The summed E-state index contributed by atoms with van der Waals surface area (Å²) in [6.45, 7) is 1.60. The van der Waals surface area contributed by atoms with Crippen LogP contribution in [0.15, 0.2) is 24.3 Å². The fourth-order valence-corrected chi connectivity index (χ4v) is 5.70. The van der Waals surface area contributed by atoms with Gasteiger partial charge in [-0.15, -0.1) is 0 Å². The van der Waals surface area contributed by atoms with Crippen LogP contribution < -0.4 is 5.73 Å². The number of hydrogen-bond donors (Lipinski definition) is 1. The van der Waals surface area contributed by atoms with Crippen LogP contribution in [0.4, 0.5) is 4.39 Å². The zero-order chi connectivity index (χ0) is 21.7. The first-order valence-electron chi connectivity index (χ1n) is 11.3. The molecule has 1 aliphatic carbocycles. The summed E-state index contributed by atoms with van der Waals surface area (Å²) in [4.78, 5) is 31.7. The van der Waals surface area contributed by atoms with Crippen molar-refractivity contribution in [2.24, 2.45) is 11.7 Å². The number of nitriles is 1. The van der Waals surface area contributed by atoms with Gasteiger partial charge in [0.1, 0.15) is 11.9 Å². The Morgan fingerprint density at radius 1 is 1.26 bits per heavy atom. The SMILES string of the molecule is N#CC1CCCN1C(=O)C(N)CN1CC2C[C@H]1C(=O)N2C(c1ccc(F)cc1)C1CC1. The third-order valence-electron chi connectivity index (χ3n) is 7.33. The van der Waals surface area contributed by atoms with Crippen LogP contribution in [0.1, 0.15) is 43.7 Å². The van der Waals surface area contributed by atoms with Gasteiger partial charge < -0.3 is 15.5 Å². The number of halogens is 1. The molecule has 3 heterocycles. The second kappa shape index (κ2) is 7.88. The quantitative estimate of drug-likeness (QED) is 0.744. The molecule has 8 heteroatoms. The minimum absolute atomic E-state index is 0.00143. The summed E-state index contributed by atoms with van der Waals surface area (Å²) in [6.07, 6.45) is 4.44. The molecule has 5 rings (SSSR count). The lowest BCUT2D eigenvalue weighted by atomic mass is 9.99. The Morgan fingerprint density at radius 3 is 2.65 bits per heavy atom. The molecule has 164 valence electrons. The van der Waals surface area contributed by atoms with Crippen molar-refractivity contribution in [2.45, 2.75) is 62.3 Å². The summed E-state index contributed by atoms with van der Waals surface area (Å²) < 4.78 is 13.4. The topological polar surface area (TPSA) is 93.7 Å². The molecule has 31 heavy (non-hydrogen) atoms. The highest BCUT2D eigenvalue weighted by atomic mass is 19.1. The molecule has 2 amide bonds.